The fourth-order valence-corrected chi connectivity index (χ4v) is 2.42. The number of carbonyl (C=O) groups is 2. The quantitative estimate of drug-likeness (QED) is 0.781. The van der Waals surface area contributed by atoms with E-state index in [4.69, 9.17) is 0 Å². The minimum atomic E-state index is -0.301. The van der Waals surface area contributed by atoms with Gasteiger partial charge in [-0.25, -0.2) is 0 Å². The van der Waals surface area contributed by atoms with Crippen LogP contribution in [0.4, 0.5) is 0 Å². The lowest BCUT2D eigenvalue weighted by molar-refractivity contribution is -0.138. The first-order valence-electron chi connectivity index (χ1n) is 5.23. The van der Waals surface area contributed by atoms with E-state index in [1.165, 1.54) is 4.90 Å². The van der Waals surface area contributed by atoms with Crippen molar-refractivity contribution >= 4 is 27.7 Å². The Labute approximate surface area is 103 Å². The van der Waals surface area contributed by atoms with Crippen molar-refractivity contribution in [3.05, 3.63) is 34.3 Å². The van der Waals surface area contributed by atoms with E-state index in [-0.39, 0.29) is 17.7 Å². The summed E-state index contributed by atoms with van der Waals surface area (Å²) in [5, 5.41) is 0. The van der Waals surface area contributed by atoms with Crippen LogP contribution in [0.25, 0.3) is 0 Å². The Hall–Kier alpha value is -1.16. The lowest BCUT2D eigenvalue weighted by Gasteiger charge is -2.12. The van der Waals surface area contributed by atoms with E-state index in [0.717, 1.165) is 10.0 Å². The number of carbonyl (C=O) groups excluding carboxylic acids is 2. The van der Waals surface area contributed by atoms with Crippen molar-refractivity contribution in [2.45, 2.75) is 19.3 Å². The van der Waals surface area contributed by atoms with Gasteiger partial charge in [0.25, 0.3) is 0 Å². The Morgan fingerprint density at radius 2 is 2.19 bits per heavy atom. The SMILES string of the molecule is CCN1C(=O)CC(c2cccc(Br)c2)C1=O. The highest BCUT2D eigenvalue weighted by atomic mass is 79.9. The number of nitrogens with zero attached hydrogens (tertiary/aromatic N) is 1. The van der Waals surface area contributed by atoms with Gasteiger partial charge in [0.15, 0.2) is 0 Å². The van der Waals surface area contributed by atoms with Crippen LogP contribution in [-0.2, 0) is 9.59 Å². The first-order valence-corrected chi connectivity index (χ1v) is 6.02. The van der Waals surface area contributed by atoms with E-state index in [1.807, 2.05) is 31.2 Å². The monoisotopic (exact) mass is 281 g/mol. The predicted octanol–water partition coefficient (Wildman–Crippen LogP) is 2.31. The molecule has 0 aliphatic carbocycles. The fraction of sp³-hybridized carbons (Fsp3) is 0.333. The third kappa shape index (κ3) is 1.89. The predicted molar refractivity (Wildman–Crippen MR) is 63.9 cm³/mol. The second-order valence-corrected chi connectivity index (χ2v) is 4.70. The van der Waals surface area contributed by atoms with Crippen LogP contribution in [0.1, 0.15) is 24.8 Å². The molecular weight excluding hydrogens is 270 g/mol. The van der Waals surface area contributed by atoms with E-state index in [9.17, 15) is 9.59 Å². The number of amides is 2. The van der Waals surface area contributed by atoms with Gasteiger partial charge in [-0.05, 0) is 24.6 Å². The van der Waals surface area contributed by atoms with Gasteiger partial charge in [-0.3, -0.25) is 14.5 Å². The Morgan fingerprint density at radius 3 is 2.75 bits per heavy atom. The maximum Gasteiger partial charge on any atom is 0.237 e. The minimum absolute atomic E-state index is 0.0718. The van der Waals surface area contributed by atoms with Gasteiger partial charge in [0, 0.05) is 17.4 Å². The molecule has 1 fully saturated rings. The third-order valence-electron chi connectivity index (χ3n) is 2.81. The Morgan fingerprint density at radius 1 is 1.44 bits per heavy atom. The molecule has 1 aromatic rings. The summed E-state index contributed by atoms with van der Waals surface area (Å²) in [6.45, 7) is 2.28. The molecule has 1 aliphatic heterocycles. The van der Waals surface area contributed by atoms with Crippen LogP contribution in [0.5, 0.6) is 0 Å². The molecular formula is C12H12BrNO2. The lowest BCUT2D eigenvalue weighted by Crippen LogP contribution is -2.29. The number of benzene rings is 1. The zero-order valence-electron chi connectivity index (χ0n) is 8.94. The van der Waals surface area contributed by atoms with Crippen LogP contribution in [0.2, 0.25) is 0 Å². The molecule has 0 spiro atoms. The second kappa shape index (κ2) is 4.37. The Bertz CT molecular complexity index is 444. The highest BCUT2D eigenvalue weighted by molar-refractivity contribution is 9.10. The zero-order chi connectivity index (χ0) is 11.7. The smallest absolute Gasteiger partial charge is 0.237 e. The van der Waals surface area contributed by atoms with Crippen molar-refractivity contribution in [2.24, 2.45) is 0 Å². The molecule has 1 aliphatic rings. The van der Waals surface area contributed by atoms with Crippen LogP contribution in [0, 0.1) is 0 Å². The zero-order valence-corrected chi connectivity index (χ0v) is 10.5. The number of halogens is 1. The molecule has 4 heteroatoms. The van der Waals surface area contributed by atoms with Gasteiger partial charge < -0.3 is 0 Å². The van der Waals surface area contributed by atoms with Gasteiger partial charge >= 0.3 is 0 Å². The van der Waals surface area contributed by atoms with Gasteiger partial charge in [0.05, 0.1) is 5.92 Å². The molecule has 3 nitrogen and oxygen atoms in total. The standard InChI is InChI=1S/C12H12BrNO2/c1-2-14-11(15)7-10(12(14)16)8-4-3-5-9(13)6-8/h3-6,10H,2,7H2,1H3. The van der Waals surface area contributed by atoms with E-state index >= 15 is 0 Å². The summed E-state index contributed by atoms with van der Waals surface area (Å²) in [6, 6.07) is 7.57. The van der Waals surface area contributed by atoms with Crippen molar-refractivity contribution < 1.29 is 9.59 Å². The largest absolute Gasteiger partial charge is 0.282 e. The molecule has 2 amide bonds. The number of hydrogen-bond donors (Lipinski definition) is 0. The summed E-state index contributed by atoms with van der Waals surface area (Å²) in [7, 11) is 0. The highest BCUT2D eigenvalue weighted by Gasteiger charge is 2.38. The summed E-state index contributed by atoms with van der Waals surface area (Å²) >= 11 is 3.37. The highest BCUT2D eigenvalue weighted by Crippen LogP contribution is 2.30. The van der Waals surface area contributed by atoms with Crippen LogP contribution >= 0.6 is 15.9 Å². The topological polar surface area (TPSA) is 37.4 Å². The summed E-state index contributed by atoms with van der Waals surface area (Å²) < 4.78 is 0.931. The third-order valence-corrected chi connectivity index (χ3v) is 3.30. The van der Waals surface area contributed by atoms with Crippen molar-refractivity contribution in [3.8, 4) is 0 Å². The summed E-state index contributed by atoms with van der Waals surface area (Å²) in [4.78, 5) is 24.9. The average molecular weight is 282 g/mol. The molecule has 0 bridgehead atoms. The van der Waals surface area contributed by atoms with E-state index < -0.39 is 0 Å². The second-order valence-electron chi connectivity index (χ2n) is 3.79. The van der Waals surface area contributed by atoms with Crippen LogP contribution in [-0.4, -0.2) is 23.3 Å². The van der Waals surface area contributed by atoms with Crippen molar-refractivity contribution in [3.63, 3.8) is 0 Å². The molecule has 1 heterocycles. The molecule has 1 unspecified atom stereocenters. The molecule has 1 aromatic carbocycles. The van der Waals surface area contributed by atoms with Crippen LogP contribution < -0.4 is 0 Å². The van der Waals surface area contributed by atoms with Gasteiger partial charge in [-0.15, -0.1) is 0 Å². The van der Waals surface area contributed by atoms with Crippen LogP contribution in [0.3, 0.4) is 0 Å². The molecule has 16 heavy (non-hydrogen) atoms. The van der Waals surface area contributed by atoms with E-state index in [0.29, 0.717) is 13.0 Å². The molecule has 1 atom stereocenters. The van der Waals surface area contributed by atoms with Gasteiger partial charge in [0.2, 0.25) is 11.8 Å². The number of likely N-dealkylation sites (N-methyl/N-ethyl adjacent to an activating group) is 1. The molecule has 1 saturated heterocycles. The summed E-state index contributed by atoms with van der Waals surface area (Å²) in [5.41, 5.74) is 0.906. The summed E-state index contributed by atoms with van der Waals surface area (Å²) in [6.07, 6.45) is 0.295. The van der Waals surface area contributed by atoms with Crippen molar-refractivity contribution in [1.29, 1.82) is 0 Å². The van der Waals surface area contributed by atoms with E-state index in [1.54, 1.807) is 0 Å². The first-order chi connectivity index (χ1) is 7.63. The van der Waals surface area contributed by atoms with Crippen LogP contribution in [0.15, 0.2) is 28.7 Å². The van der Waals surface area contributed by atoms with Gasteiger partial charge in [-0.1, -0.05) is 28.1 Å². The minimum Gasteiger partial charge on any atom is -0.282 e. The fourth-order valence-electron chi connectivity index (χ4n) is 2.00. The number of rotatable bonds is 2. The number of imide groups is 1. The van der Waals surface area contributed by atoms with Crippen molar-refractivity contribution in [1.82, 2.24) is 4.90 Å². The lowest BCUT2D eigenvalue weighted by atomic mass is 9.98. The molecule has 0 aromatic heterocycles. The number of hydrogen-bond acceptors (Lipinski definition) is 2. The molecule has 0 N–H and O–H groups in total. The Balaban J connectivity index is 2.30. The maximum atomic E-state index is 11.9. The molecule has 0 radical (unpaired) electrons. The Kier molecular flexibility index (Phi) is 3.10. The van der Waals surface area contributed by atoms with Gasteiger partial charge in [-0.2, -0.15) is 0 Å². The normalized spacial score (nSPS) is 20.6. The molecule has 2 rings (SSSR count). The number of likely N-dealkylation sites (tertiary alicyclic amines) is 1. The van der Waals surface area contributed by atoms with Crippen molar-refractivity contribution in [2.75, 3.05) is 6.54 Å². The van der Waals surface area contributed by atoms with E-state index in [2.05, 4.69) is 15.9 Å². The van der Waals surface area contributed by atoms with Gasteiger partial charge in [0.1, 0.15) is 0 Å². The first kappa shape index (κ1) is 11.3. The molecule has 84 valence electrons. The molecule has 0 saturated carbocycles. The summed E-state index contributed by atoms with van der Waals surface area (Å²) in [5.74, 6) is -0.451. The average Bonchev–Trinajstić information content (AvgIpc) is 2.54. The maximum absolute atomic E-state index is 11.9.